The fraction of sp³-hybridized carbons (Fsp3) is 0.240. The van der Waals surface area contributed by atoms with Crippen LogP contribution < -0.4 is 14.4 Å². The summed E-state index contributed by atoms with van der Waals surface area (Å²) in [4.78, 5) is 63.9. The topological polar surface area (TPSA) is 149 Å². The molecule has 2 saturated heterocycles. The summed E-state index contributed by atoms with van der Waals surface area (Å²) in [6.07, 6.45) is 4.80. The Morgan fingerprint density at radius 1 is 1.05 bits per heavy atom. The Labute approximate surface area is 209 Å². The molecule has 0 spiro atoms. The first kappa shape index (κ1) is 23.9. The average molecular weight is 504 g/mol. The van der Waals surface area contributed by atoms with E-state index in [1.54, 1.807) is 12.2 Å². The molecule has 2 fully saturated rings. The molecule has 188 valence electrons. The number of ketones is 1. The fourth-order valence-corrected chi connectivity index (χ4v) is 5.07. The number of esters is 1. The SMILES string of the molecule is COc1ccc([N+](=O)[O-])cc1N1C(=O)[C@@H]2[C@H](C1=O)[C@H](C(=O)c1ccc(OC(C)=O)cc1)N1N=CC=C[C@@H]21. The second-order valence-electron chi connectivity index (χ2n) is 8.62. The highest BCUT2D eigenvalue weighted by atomic mass is 16.6. The molecular formula is C25H20N4O8. The second kappa shape index (κ2) is 8.97. The van der Waals surface area contributed by atoms with Crippen LogP contribution in [0.15, 0.2) is 59.7 Å². The molecule has 12 nitrogen and oxygen atoms in total. The Hall–Kier alpha value is -4.87. The number of carbonyl (C=O) groups is 4. The molecule has 2 aromatic carbocycles. The van der Waals surface area contributed by atoms with E-state index in [-0.39, 0.29) is 28.4 Å². The predicted octanol–water partition coefficient (Wildman–Crippen LogP) is 2.13. The molecule has 3 aliphatic heterocycles. The Morgan fingerprint density at radius 3 is 2.41 bits per heavy atom. The van der Waals surface area contributed by atoms with Crippen molar-refractivity contribution in [3.05, 3.63) is 70.3 Å². The van der Waals surface area contributed by atoms with Crippen LogP contribution in [0.5, 0.6) is 11.5 Å². The summed E-state index contributed by atoms with van der Waals surface area (Å²) in [5.74, 6) is -3.93. The number of hydrogen-bond acceptors (Lipinski definition) is 10. The van der Waals surface area contributed by atoms with Crippen molar-refractivity contribution < 1.29 is 33.6 Å². The Morgan fingerprint density at radius 2 is 1.76 bits per heavy atom. The van der Waals surface area contributed by atoms with Crippen molar-refractivity contribution >= 4 is 41.2 Å². The maximum Gasteiger partial charge on any atom is 0.308 e. The number of rotatable bonds is 6. The zero-order valence-electron chi connectivity index (χ0n) is 19.6. The minimum atomic E-state index is -1.11. The minimum Gasteiger partial charge on any atom is -0.495 e. The lowest BCUT2D eigenvalue weighted by molar-refractivity contribution is -0.384. The van der Waals surface area contributed by atoms with Crippen LogP contribution in [0, 0.1) is 22.0 Å². The van der Waals surface area contributed by atoms with E-state index in [0.29, 0.717) is 0 Å². The normalized spacial score (nSPS) is 23.6. The number of Topliss-reactive ketones (excluding diaryl/α,β-unsaturated/α-hetero) is 1. The number of amides is 2. The molecule has 5 rings (SSSR count). The van der Waals surface area contributed by atoms with E-state index in [9.17, 15) is 29.3 Å². The number of nitrogens with zero attached hydrogens (tertiary/aromatic N) is 4. The molecule has 0 bridgehead atoms. The first-order valence-corrected chi connectivity index (χ1v) is 11.2. The standard InChI is InChI=1S/C25H20N4O8/c1-13(30)37-16-8-5-14(6-9-16)23(31)22-21-20(17-4-3-11-26-28(17)22)24(32)27(25(21)33)18-12-15(29(34)35)7-10-19(18)36-2/h3-12,17,20-22H,1-2H3/t17-,20-,21-,22+/m0/s1. The lowest BCUT2D eigenvalue weighted by atomic mass is 9.86. The van der Waals surface area contributed by atoms with Gasteiger partial charge < -0.3 is 9.47 Å². The third-order valence-electron chi connectivity index (χ3n) is 6.57. The summed E-state index contributed by atoms with van der Waals surface area (Å²) in [7, 11) is 1.32. The number of hydrogen-bond donors (Lipinski definition) is 0. The van der Waals surface area contributed by atoms with E-state index in [0.717, 1.165) is 11.0 Å². The first-order chi connectivity index (χ1) is 17.7. The Kier molecular flexibility index (Phi) is 5.78. The lowest BCUT2D eigenvalue weighted by Crippen LogP contribution is -2.46. The van der Waals surface area contributed by atoms with Crippen molar-refractivity contribution in [3.63, 3.8) is 0 Å². The van der Waals surface area contributed by atoms with Gasteiger partial charge in [0, 0.05) is 30.8 Å². The number of anilines is 1. The van der Waals surface area contributed by atoms with Crippen molar-refractivity contribution in [1.82, 2.24) is 5.01 Å². The van der Waals surface area contributed by atoms with Crippen LogP contribution >= 0.6 is 0 Å². The third-order valence-corrected chi connectivity index (χ3v) is 6.57. The molecule has 4 atom stereocenters. The van der Waals surface area contributed by atoms with Crippen molar-refractivity contribution in [2.45, 2.75) is 19.0 Å². The van der Waals surface area contributed by atoms with Gasteiger partial charge in [-0.25, -0.2) is 4.90 Å². The molecule has 2 amide bonds. The molecule has 2 aromatic rings. The summed E-state index contributed by atoms with van der Waals surface area (Å²) in [5.41, 5.74) is -0.151. The average Bonchev–Trinajstić information content (AvgIpc) is 3.35. The maximum absolute atomic E-state index is 13.8. The maximum atomic E-state index is 13.8. The summed E-state index contributed by atoms with van der Waals surface area (Å²) in [6, 6.07) is 7.70. The third kappa shape index (κ3) is 3.82. The van der Waals surface area contributed by atoms with Crippen molar-refractivity contribution in [3.8, 4) is 11.5 Å². The number of non-ortho nitro benzene ring substituents is 1. The number of nitro benzene ring substituents is 1. The van der Waals surface area contributed by atoms with E-state index in [1.165, 1.54) is 61.7 Å². The second-order valence-corrected chi connectivity index (χ2v) is 8.62. The van der Waals surface area contributed by atoms with Gasteiger partial charge in [0.15, 0.2) is 5.78 Å². The summed E-state index contributed by atoms with van der Waals surface area (Å²) < 4.78 is 10.3. The number of ether oxygens (including phenoxy) is 2. The van der Waals surface area contributed by atoms with Crippen molar-refractivity contribution in [1.29, 1.82) is 0 Å². The van der Waals surface area contributed by atoms with Crippen LogP contribution in [-0.4, -0.2) is 58.9 Å². The Balaban J connectivity index is 1.55. The molecule has 0 N–H and O–H groups in total. The predicted molar refractivity (Wildman–Crippen MR) is 128 cm³/mol. The monoisotopic (exact) mass is 504 g/mol. The van der Waals surface area contributed by atoms with Gasteiger partial charge in [-0.1, -0.05) is 6.08 Å². The minimum absolute atomic E-state index is 0.0622. The van der Waals surface area contributed by atoms with Gasteiger partial charge in [-0.2, -0.15) is 5.10 Å². The van der Waals surface area contributed by atoms with Crippen LogP contribution in [0.3, 0.4) is 0 Å². The fourth-order valence-electron chi connectivity index (χ4n) is 5.07. The molecule has 0 radical (unpaired) electrons. The number of hydrazone groups is 1. The smallest absolute Gasteiger partial charge is 0.308 e. The molecular weight excluding hydrogens is 484 g/mol. The van der Waals surface area contributed by atoms with E-state index in [1.807, 2.05) is 0 Å². The van der Waals surface area contributed by atoms with Gasteiger partial charge in [-0.3, -0.25) is 34.3 Å². The first-order valence-electron chi connectivity index (χ1n) is 11.2. The number of fused-ring (bicyclic) bond motifs is 3. The van der Waals surface area contributed by atoms with E-state index in [2.05, 4.69) is 5.10 Å². The van der Waals surface area contributed by atoms with Crippen LogP contribution in [0.4, 0.5) is 11.4 Å². The molecule has 0 aromatic heterocycles. The quantitative estimate of drug-likeness (QED) is 0.144. The number of allylic oxidation sites excluding steroid dienone is 1. The van der Waals surface area contributed by atoms with Crippen LogP contribution in [0.2, 0.25) is 0 Å². The summed E-state index contributed by atoms with van der Waals surface area (Å²) in [5, 5.41) is 17.1. The number of benzene rings is 2. The molecule has 3 heterocycles. The molecule has 0 unspecified atom stereocenters. The van der Waals surface area contributed by atoms with E-state index < -0.39 is 52.4 Å². The van der Waals surface area contributed by atoms with Gasteiger partial charge >= 0.3 is 5.97 Å². The molecule has 0 aliphatic carbocycles. The zero-order valence-corrected chi connectivity index (χ0v) is 19.6. The van der Waals surface area contributed by atoms with Gasteiger partial charge in [0.05, 0.1) is 29.9 Å². The number of carbonyl (C=O) groups excluding carboxylic acids is 4. The van der Waals surface area contributed by atoms with Crippen LogP contribution in [-0.2, 0) is 14.4 Å². The van der Waals surface area contributed by atoms with Crippen LogP contribution in [0.1, 0.15) is 17.3 Å². The summed E-state index contributed by atoms with van der Waals surface area (Å²) >= 11 is 0. The number of nitro groups is 1. The summed E-state index contributed by atoms with van der Waals surface area (Å²) in [6.45, 7) is 1.25. The largest absolute Gasteiger partial charge is 0.495 e. The molecule has 0 saturated carbocycles. The van der Waals surface area contributed by atoms with Gasteiger partial charge in [0.25, 0.3) is 5.69 Å². The highest BCUT2D eigenvalue weighted by Crippen LogP contribution is 2.48. The zero-order chi connectivity index (χ0) is 26.4. The van der Waals surface area contributed by atoms with Gasteiger partial charge in [0.1, 0.15) is 23.2 Å². The van der Waals surface area contributed by atoms with Gasteiger partial charge in [-0.05, 0) is 36.4 Å². The van der Waals surface area contributed by atoms with Crippen molar-refractivity contribution in [2.75, 3.05) is 12.0 Å². The van der Waals surface area contributed by atoms with Gasteiger partial charge in [-0.15, -0.1) is 0 Å². The number of imide groups is 1. The van der Waals surface area contributed by atoms with Gasteiger partial charge in [0.2, 0.25) is 11.8 Å². The Bertz CT molecular complexity index is 1400. The molecule has 3 aliphatic rings. The van der Waals surface area contributed by atoms with Crippen molar-refractivity contribution in [2.24, 2.45) is 16.9 Å². The van der Waals surface area contributed by atoms with E-state index in [4.69, 9.17) is 9.47 Å². The van der Waals surface area contributed by atoms with E-state index >= 15 is 0 Å². The van der Waals surface area contributed by atoms with Crippen LogP contribution in [0.25, 0.3) is 0 Å². The highest BCUT2D eigenvalue weighted by Gasteiger charge is 2.64. The lowest BCUT2D eigenvalue weighted by Gasteiger charge is -2.30. The molecule has 37 heavy (non-hydrogen) atoms. The highest BCUT2D eigenvalue weighted by molar-refractivity contribution is 6.25. The number of methoxy groups -OCH3 is 1. The molecule has 12 heteroatoms.